The van der Waals surface area contributed by atoms with Gasteiger partial charge in [0.15, 0.2) is 0 Å². The minimum absolute atomic E-state index is 0. The third-order valence-electron chi connectivity index (χ3n) is 2.61. The molecule has 0 unspecified atom stereocenters. The van der Waals surface area contributed by atoms with Crippen molar-refractivity contribution < 1.29 is 9.47 Å². The molecule has 0 aliphatic rings. The molecule has 0 atom stereocenters. The predicted octanol–water partition coefficient (Wildman–Crippen LogP) is 3.37. The van der Waals surface area contributed by atoms with E-state index in [0.29, 0.717) is 0 Å². The average molecular weight is 266 g/mol. The van der Waals surface area contributed by atoms with Crippen LogP contribution in [-0.4, -0.2) is 14.2 Å². The van der Waals surface area contributed by atoms with Crippen molar-refractivity contribution in [1.82, 2.24) is 0 Å². The van der Waals surface area contributed by atoms with E-state index < -0.39 is 0 Å². The molecular formula is C14H16ClNO2. The fourth-order valence-corrected chi connectivity index (χ4v) is 1.74. The normalized spacial score (nSPS) is 9.44. The first-order chi connectivity index (χ1) is 8.24. The summed E-state index contributed by atoms with van der Waals surface area (Å²) in [7, 11) is 3.28. The van der Waals surface area contributed by atoms with Gasteiger partial charge in [-0.2, -0.15) is 0 Å². The molecule has 3 nitrogen and oxygen atoms in total. The van der Waals surface area contributed by atoms with Crippen molar-refractivity contribution in [3.63, 3.8) is 0 Å². The van der Waals surface area contributed by atoms with E-state index in [2.05, 4.69) is 0 Å². The Balaban J connectivity index is 0.00000162. The Bertz CT molecular complexity index is 529. The van der Waals surface area contributed by atoms with Gasteiger partial charge in [0.1, 0.15) is 11.5 Å². The van der Waals surface area contributed by atoms with E-state index >= 15 is 0 Å². The van der Waals surface area contributed by atoms with Gasteiger partial charge in [0, 0.05) is 17.3 Å². The van der Waals surface area contributed by atoms with Crippen LogP contribution in [0.15, 0.2) is 42.5 Å². The van der Waals surface area contributed by atoms with Crippen LogP contribution in [0.5, 0.6) is 11.5 Å². The smallest absolute Gasteiger partial charge is 0.130 e. The van der Waals surface area contributed by atoms with Gasteiger partial charge < -0.3 is 15.2 Å². The van der Waals surface area contributed by atoms with E-state index in [1.807, 2.05) is 42.5 Å². The maximum Gasteiger partial charge on any atom is 0.130 e. The number of nitrogens with two attached hydrogens (primary N) is 1. The van der Waals surface area contributed by atoms with E-state index in [1.165, 1.54) is 0 Å². The van der Waals surface area contributed by atoms with E-state index in [1.54, 1.807) is 14.2 Å². The number of benzene rings is 2. The summed E-state index contributed by atoms with van der Waals surface area (Å²) in [6, 6.07) is 13.4. The van der Waals surface area contributed by atoms with Crippen LogP contribution >= 0.6 is 12.4 Å². The van der Waals surface area contributed by atoms with Gasteiger partial charge in [-0.25, -0.2) is 0 Å². The summed E-state index contributed by atoms with van der Waals surface area (Å²) in [6.45, 7) is 0. The number of ether oxygens (including phenoxy) is 2. The molecule has 0 fully saturated rings. The Morgan fingerprint density at radius 2 is 1.72 bits per heavy atom. The highest BCUT2D eigenvalue weighted by atomic mass is 35.5. The first kappa shape index (κ1) is 14.2. The Labute approximate surface area is 113 Å². The lowest BCUT2D eigenvalue weighted by Gasteiger charge is -2.10. The van der Waals surface area contributed by atoms with Crippen molar-refractivity contribution >= 4 is 18.1 Å². The molecule has 2 aromatic carbocycles. The fourth-order valence-electron chi connectivity index (χ4n) is 1.74. The van der Waals surface area contributed by atoms with Crippen LogP contribution in [0.2, 0.25) is 0 Å². The highest BCUT2D eigenvalue weighted by Gasteiger charge is 2.07. The summed E-state index contributed by atoms with van der Waals surface area (Å²) in [4.78, 5) is 0. The number of halogens is 1. The third-order valence-corrected chi connectivity index (χ3v) is 2.61. The molecule has 0 aliphatic heterocycles. The van der Waals surface area contributed by atoms with Crippen LogP contribution in [0.3, 0.4) is 0 Å². The molecule has 0 amide bonds. The van der Waals surface area contributed by atoms with Gasteiger partial charge in [0.25, 0.3) is 0 Å². The summed E-state index contributed by atoms with van der Waals surface area (Å²) in [5.41, 5.74) is 8.55. The summed E-state index contributed by atoms with van der Waals surface area (Å²) in [6.07, 6.45) is 0. The summed E-state index contributed by atoms with van der Waals surface area (Å²) < 4.78 is 10.5. The van der Waals surface area contributed by atoms with Crippen molar-refractivity contribution in [1.29, 1.82) is 0 Å². The standard InChI is InChI=1S/C14H15NO2.ClH/c1-16-12-6-7-13(14(9-12)17-2)10-4-3-5-11(15)8-10;/h3-9H,15H2,1-2H3;1H. The van der Waals surface area contributed by atoms with Crippen molar-refractivity contribution in [2.75, 3.05) is 20.0 Å². The monoisotopic (exact) mass is 265 g/mol. The second-order valence-corrected chi connectivity index (χ2v) is 3.69. The third kappa shape index (κ3) is 2.87. The molecule has 0 radical (unpaired) electrons. The van der Waals surface area contributed by atoms with Gasteiger partial charge in [-0.3, -0.25) is 0 Å². The van der Waals surface area contributed by atoms with Crippen LogP contribution in [0.25, 0.3) is 11.1 Å². The zero-order valence-electron chi connectivity index (χ0n) is 10.3. The quantitative estimate of drug-likeness (QED) is 0.866. The summed E-state index contributed by atoms with van der Waals surface area (Å²) >= 11 is 0. The van der Waals surface area contributed by atoms with Crippen LogP contribution < -0.4 is 15.2 Å². The fraction of sp³-hybridized carbons (Fsp3) is 0.143. The maximum atomic E-state index is 5.78. The number of hydrogen-bond donors (Lipinski definition) is 1. The van der Waals surface area contributed by atoms with E-state index in [4.69, 9.17) is 15.2 Å². The first-order valence-corrected chi connectivity index (χ1v) is 5.32. The number of methoxy groups -OCH3 is 2. The summed E-state index contributed by atoms with van der Waals surface area (Å²) in [5.74, 6) is 1.55. The van der Waals surface area contributed by atoms with Crippen molar-refractivity contribution in [2.24, 2.45) is 0 Å². The van der Waals surface area contributed by atoms with Crippen LogP contribution in [0, 0.1) is 0 Å². The molecular weight excluding hydrogens is 250 g/mol. The minimum Gasteiger partial charge on any atom is -0.497 e. The Morgan fingerprint density at radius 1 is 0.944 bits per heavy atom. The predicted molar refractivity (Wildman–Crippen MR) is 76.6 cm³/mol. The lowest BCUT2D eigenvalue weighted by Crippen LogP contribution is -1.91. The molecule has 0 heterocycles. The molecule has 2 aromatic rings. The van der Waals surface area contributed by atoms with Gasteiger partial charge in [-0.1, -0.05) is 12.1 Å². The largest absolute Gasteiger partial charge is 0.497 e. The second kappa shape index (κ2) is 6.17. The van der Waals surface area contributed by atoms with Gasteiger partial charge in [-0.05, 0) is 29.8 Å². The first-order valence-electron chi connectivity index (χ1n) is 5.32. The van der Waals surface area contributed by atoms with Crippen molar-refractivity contribution in [3.05, 3.63) is 42.5 Å². The van der Waals surface area contributed by atoms with Gasteiger partial charge in [0.05, 0.1) is 14.2 Å². The average Bonchev–Trinajstić information content (AvgIpc) is 2.38. The van der Waals surface area contributed by atoms with Gasteiger partial charge in [0.2, 0.25) is 0 Å². The summed E-state index contributed by atoms with van der Waals surface area (Å²) in [5, 5.41) is 0. The van der Waals surface area contributed by atoms with E-state index in [0.717, 1.165) is 28.3 Å². The molecule has 2 rings (SSSR count). The molecule has 2 N–H and O–H groups in total. The van der Waals surface area contributed by atoms with Crippen molar-refractivity contribution in [3.8, 4) is 22.6 Å². The number of nitrogen functional groups attached to an aromatic ring is 1. The maximum absolute atomic E-state index is 5.78. The van der Waals surface area contributed by atoms with Gasteiger partial charge in [-0.15, -0.1) is 12.4 Å². The zero-order valence-corrected chi connectivity index (χ0v) is 11.2. The molecule has 0 aromatic heterocycles. The molecule has 18 heavy (non-hydrogen) atoms. The van der Waals surface area contributed by atoms with E-state index in [9.17, 15) is 0 Å². The van der Waals surface area contributed by atoms with Crippen LogP contribution in [0.1, 0.15) is 0 Å². The molecule has 0 bridgehead atoms. The molecule has 0 saturated heterocycles. The number of hydrogen-bond acceptors (Lipinski definition) is 3. The van der Waals surface area contributed by atoms with Gasteiger partial charge >= 0.3 is 0 Å². The molecule has 0 saturated carbocycles. The highest BCUT2D eigenvalue weighted by molar-refractivity contribution is 5.85. The van der Waals surface area contributed by atoms with E-state index in [-0.39, 0.29) is 12.4 Å². The number of anilines is 1. The minimum atomic E-state index is 0. The second-order valence-electron chi connectivity index (χ2n) is 3.69. The molecule has 4 heteroatoms. The Hall–Kier alpha value is -1.87. The number of rotatable bonds is 3. The lowest BCUT2D eigenvalue weighted by atomic mass is 10.0. The SMILES string of the molecule is COc1ccc(-c2cccc(N)c2)c(OC)c1.Cl. The van der Waals surface area contributed by atoms with Crippen LogP contribution in [0.4, 0.5) is 5.69 Å². The van der Waals surface area contributed by atoms with Crippen molar-refractivity contribution in [2.45, 2.75) is 0 Å². The Morgan fingerprint density at radius 3 is 2.33 bits per heavy atom. The Kier molecular flexibility index (Phi) is 4.86. The molecule has 0 spiro atoms. The lowest BCUT2D eigenvalue weighted by molar-refractivity contribution is 0.395. The highest BCUT2D eigenvalue weighted by Crippen LogP contribution is 2.33. The molecule has 0 aliphatic carbocycles. The van der Waals surface area contributed by atoms with Crippen LogP contribution in [-0.2, 0) is 0 Å². The zero-order chi connectivity index (χ0) is 12.3. The topological polar surface area (TPSA) is 44.5 Å². The molecule has 96 valence electrons.